The van der Waals surface area contributed by atoms with E-state index < -0.39 is 6.29 Å². The first-order chi connectivity index (χ1) is 9.75. The van der Waals surface area contributed by atoms with Crippen LogP contribution in [0.4, 0.5) is 0 Å². The highest BCUT2D eigenvalue weighted by molar-refractivity contribution is 5.85. The number of ether oxygens (including phenoxy) is 2. The molecule has 0 spiro atoms. The van der Waals surface area contributed by atoms with Crippen LogP contribution in [0.1, 0.15) is 28.7 Å². The number of aryl methyl sites for hydroxylation is 1. The molecule has 2 heterocycles. The molecule has 0 fully saturated rings. The number of pyridine rings is 1. The van der Waals surface area contributed by atoms with Crippen molar-refractivity contribution < 1.29 is 14.6 Å². The highest BCUT2D eigenvalue weighted by Gasteiger charge is 2.28. The molecule has 112 valence electrons. The van der Waals surface area contributed by atoms with Crippen LogP contribution < -0.4 is 0 Å². The molecule has 1 aromatic heterocycles. The second kappa shape index (κ2) is 6.89. The standard InChI is InChI=1S/C16H17NO3.ClH/c1-11-15(18)14-13(9-17-11)10-20-16(14)19-8-7-12-5-3-2-4-6-12;/h2-6,9,16,18H,7-8,10H2,1H3;1H. The number of benzene rings is 1. The molecule has 0 bridgehead atoms. The van der Waals surface area contributed by atoms with Crippen LogP contribution in [0.15, 0.2) is 36.5 Å². The minimum absolute atomic E-state index is 0. The van der Waals surface area contributed by atoms with E-state index in [9.17, 15) is 5.11 Å². The average molecular weight is 308 g/mol. The summed E-state index contributed by atoms with van der Waals surface area (Å²) in [5.41, 5.74) is 3.45. The van der Waals surface area contributed by atoms with Crippen molar-refractivity contribution >= 4 is 12.4 Å². The van der Waals surface area contributed by atoms with Crippen LogP contribution in [0.2, 0.25) is 0 Å². The van der Waals surface area contributed by atoms with Crippen molar-refractivity contribution in [2.45, 2.75) is 26.2 Å². The molecule has 1 aromatic carbocycles. The van der Waals surface area contributed by atoms with E-state index in [1.54, 1.807) is 13.1 Å². The first-order valence-corrected chi connectivity index (χ1v) is 6.70. The topological polar surface area (TPSA) is 51.6 Å². The van der Waals surface area contributed by atoms with E-state index in [1.165, 1.54) is 5.56 Å². The van der Waals surface area contributed by atoms with Crippen molar-refractivity contribution in [2.24, 2.45) is 0 Å². The van der Waals surface area contributed by atoms with Crippen LogP contribution in [0.3, 0.4) is 0 Å². The molecule has 5 heteroatoms. The van der Waals surface area contributed by atoms with Crippen LogP contribution in [0.25, 0.3) is 0 Å². The summed E-state index contributed by atoms with van der Waals surface area (Å²) in [5, 5.41) is 10.1. The van der Waals surface area contributed by atoms with E-state index in [-0.39, 0.29) is 18.2 Å². The zero-order valence-corrected chi connectivity index (χ0v) is 12.6. The number of fused-ring (bicyclic) bond motifs is 1. The predicted molar refractivity (Wildman–Crippen MR) is 81.5 cm³/mol. The number of rotatable bonds is 4. The van der Waals surface area contributed by atoms with Crippen LogP contribution >= 0.6 is 12.4 Å². The molecule has 21 heavy (non-hydrogen) atoms. The van der Waals surface area contributed by atoms with Crippen LogP contribution in [-0.4, -0.2) is 16.7 Å². The van der Waals surface area contributed by atoms with E-state index in [1.807, 2.05) is 18.2 Å². The average Bonchev–Trinajstić information content (AvgIpc) is 2.88. The molecule has 4 nitrogen and oxygen atoms in total. The first kappa shape index (κ1) is 15.8. The van der Waals surface area contributed by atoms with E-state index in [2.05, 4.69) is 17.1 Å². The van der Waals surface area contributed by atoms with E-state index in [4.69, 9.17) is 9.47 Å². The predicted octanol–water partition coefficient (Wildman–Crippen LogP) is 3.31. The Kier molecular flexibility index (Phi) is 5.17. The molecule has 0 saturated heterocycles. The van der Waals surface area contributed by atoms with Gasteiger partial charge in [0.15, 0.2) is 6.29 Å². The van der Waals surface area contributed by atoms with Gasteiger partial charge in [0.05, 0.1) is 24.5 Å². The lowest BCUT2D eigenvalue weighted by Crippen LogP contribution is -2.06. The number of hydrogen-bond donors (Lipinski definition) is 1. The molecule has 1 atom stereocenters. The van der Waals surface area contributed by atoms with Gasteiger partial charge in [-0.2, -0.15) is 0 Å². The van der Waals surface area contributed by atoms with Gasteiger partial charge in [-0.05, 0) is 18.9 Å². The highest BCUT2D eigenvalue weighted by atomic mass is 35.5. The van der Waals surface area contributed by atoms with E-state index >= 15 is 0 Å². The number of aromatic nitrogens is 1. The number of halogens is 1. The van der Waals surface area contributed by atoms with Gasteiger partial charge in [-0.1, -0.05) is 30.3 Å². The smallest absolute Gasteiger partial charge is 0.188 e. The van der Waals surface area contributed by atoms with Crippen molar-refractivity contribution in [2.75, 3.05) is 6.61 Å². The summed E-state index contributed by atoms with van der Waals surface area (Å²) in [5.74, 6) is 0.185. The monoisotopic (exact) mass is 307 g/mol. The number of aromatic hydroxyl groups is 1. The molecule has 0 radical (unpaired) electrons. The molecule has 1 unspecified atom stereocenters. The molecule has 0 saturated carbocycles. The third kappa shape index (κ3) is 3.35. The van der Waals surface area contributed by atoms with Gasteiger partial charge in [-0.3, -0.25) is 4.98 Å². The summed E-state index contributed by atoms with van der Waals surface area (Å²) >= 11 is 0. The van der Waals surface area contributed by atoms with Crippen molar-refractivity contribution in [1.82, 2.24) is 4.98 Å². The Bertz CT molecular complexity index is 604. The zero-order valence-electron chi connectivity index (χ0n) is 11.8. The second-order valence-corrected chi connectivity index (χ2v) is 4.88. The minimum atomic E-state index is -0.490. The Morgan fingerprint density at radius 1 is 1.33 bits per heavy atom. The van der Waals surface area contributed by atoms with Gasteiger partial charge in [0, 0.05) is 11.8 Å². The summed E-state index contributed by atoms with van der Waals surface area (Å²) in [6, 6.07) is 10.2. The zero-order chi connectivity index (χ0) is 13.9. The maximum atomic E-state index is 10.1. The van der Waals surface area contributed by atoms with Gasteiger partial charge in [-0.25, -0.2) is 0 Å². The fourth-order valence-electron chi connectivity index (χ4n) is 2.34. The molecular weight excluding hydrogens is 290 g/mol. The first-order valence-electron chi connectivity index (χ1n) is 6.70. The lowest BCUT2D eigenvalue weighted by molar-refractivity contribution is -0.138. The lowest BCUT2D eigenvalue weighted by atomic mass is 10.1. The summed E-state index contributed by atoms with van der Waals surface area (Å²) < 4.78 is 11.3. The van der Waals surface area contributed by atoms with E-state index in [0.29, 0.717) is 18.9 Å². The summed E-state index contributed by atoms with van der Waals surface area (Å²) in [4.78, 5) is 4.13. The van der Waals surface area contributed by atoms with Crippen LogP contribution in [0.5, 0.6) is 5.75 Å². The minimum Gasteiger partial charge on any atom is -0.506 e. The van der Waals surface area contributed by atoms with Crippen molar-refractivity contribution in [1.29, 1.82) is 0 Å². The Morgan fingerprint density at radius 3 is 2.86 bits per heavy atom. The largest absolute Gasteiger partial charge is 0.506 e. The molecule has 0 amide bonds. The quantitative estimate of drug-likeness (QED) is 0.941. The molecule has 1 aliphatic heterocycles. The molecule has 1 N–H and O–H groups in total. The SMILES string of the molecule is Cc1ncc2c(c1O)C(OCCc1ccccc1)OC2.Cl. The maximum absolute atomic E-state index is 10.1. The number of nitrogens with zero attached hydrogens (tertiary/aromatic N) is 1. The van der Waals surface area contributed by atoms with Gasteiger partial charge < -0.3 is 14.6 Å². The fraction of sp³-hybridized carbons (Fsp3) is 0.312. The Balaban J connectivity index is 0.00000161. The van der Waals surface area contributed by atoms with E-state index in [0.717, 1.165) is 17.5 Å². The van der Waals surface area contributed by atoms with Crippen molar-refractivity contribution in [3.63, 3.8) is 0 Å². The summed E-state index contributed by atoms with van der Waals surface area (Å²) in [6.07, 6.45) is 2.07. The lowest BCUT2D eigenvalue weighted by Gasteiger charge is -2.14. The normalized spacial score (nSPS) is 16.3. The third-order valence-corrected chi connectivity index (χ3v) is 3.49. The van der Waals surface area contributed by atoms with Crippen molar-refractivity contribution in [3.05, 3.63) is 58.9 Å². The molecule has 0 aliphatic carbocycles. The molecule has 2 aromatic rings. The van der Waals surface area contributed by atoms with Gasteiger partial charge in [0.2, 0.25) is 0 Å². The fourth-order valence-corrected chi connectivity index (χ4v) is 2.34. The Labute approximate surface area is 130 Å². The van der Waals surface area contributed by atoms with Crippen LogP contribution in [0, 0.1) is 6.92 Å². The third-order valence-electron chi connectivity index (χ3n) is 3.49. The van der Waals surface area contributed by atoms with Gasteiger partial charge >= 0.3 is 0 Å². The van der Waals surface area contributed by atoms with Crippen molar-refractivity contribution in [3.8, 4) is 5.75 Å². The second-order valence-electron chi connectivity index (χ2n) is 4.88. The molecule has 3 rings (SSSR count). The van der Waals surface area contributed by atoms with Gasteiger partial charge in [-0.15, -0.1) is 12.4 Å². The highest BCUT2D eigenvalue weighted by Crippen LogP contribution is 2.38. The summed E-state index contributed by atoms with van der Waals surface area (Å²) in [7, 11) is 0. The molecule has 1 aliphatic rings. The van der Waals surface area contributed by atoms with Crippen LogP contribution in [-0.2, 0) is 22.5 Å². The number of hydrogen-bond acceptors (Lipinski definition) is 4. The molecular formula is C16H18ClNO3. The maximum Gasteiger partial charge on any atom is 0.188 e. The van der Waals surface area contributed by atoms with Gasteiger partial charge in [0.1, 0.15) is 5.75 Å². The summed E-state index contributed by atoms with van der Waals surface area (Å²) in [6.45, 7) is 2.76. The Hall–Kier alpha value is -1.62. The van der Waals surface area contributed by atoms with Gasteiger partial charge in [0.25, 0.3) is 0 Å². The Morgan fingerprint density at radius 2 is 2.10 bits per heavy atom.